The number of hydrogen-bond acceptors (Lipinski definition) is 7. The van der Waals surface area contributed by atoms with Gasteiger partial charge in [0, 0.05) is 13.1 Å². The summed E-state index contributed by atoms with van der Waals surface area (Å²) in [4.78, 5) is 33.7. The van der Waals surface area contributed by atoms with E-state index in [1.54, 1.807) is 6.92 Å². The molecule has 3 rings (SSSR count). The van der Waals surface area contributed by atoms with Crippen LogP contribution in [0.25, 0.3) is 10.2 Å². The van der Waals surface area contributed by atoms with Crippen LogP contribution in [0, 0.1) is 6.92 Å². The first-order valence-corrected chi connectivity index (χ1v) is 15.3. The zero-order valence-corrected chi connectivity index (χ0v) is 24.2. The number of aryl methyl sites for hydroxylation is 1. The summed E-state index contributed by atoms with van der Waals surface area (Å²) in [6, 6.07) is 9.94. The number of aromatic nitrogens is 1. The van der Waals surface area contributed by atoms with Crippen LogP contribution >= 0.6 is 11.3 Å². The number of nitrogens with zero attached hydrogens (tertiary/aromatic N) is 2. The average Bonchev–Trinajstić information content (AvgIpc) is 3.27. The van der Waals surface area contributed by atoms with Crippen molar-refractivity contribution in [1.29, 1.82) is 0 Å². The second-order valence-corrected chi connectivity index (χ2v) is 11.1. The van der Waals surface area contributed by atoms with Gasteiger partial charge in [-0.05, 0) is 30.9 Å². The molecule has 0 aliphatic rings. The fourth-order valence-corrected chi connectivity index (χ4v) is 5.70. The largest absolute Gasteiger partial charge is 0.457 e. The van der Waals surface area contributed by atoms with Gasteiger partial charge in [-0.15, -0.1) is 11.3 Å². The molecule has 2 heterocycles. The van der Waals surface area contributed by atoms with Gasteiger partial charge in [0.2, 0.25) is 0 Å². The molecule has 7 heteroatoms. The van der Waals surface area contributed by atoms with E-state index in [4.69, 9.17) is 14.1 Å². The first-order valence-electron chi connectivity index (χ1n) is 14.4. The Labute approximate surface area is 231 Å². The number of hydrogen-bond donors (Lipinski definition) is 0. The highest BCUT2D eigenvalue weighted by atomic mass is 32.1. The van der Waals surface area contributed by atoms with Crippen molar-refractivity contribution in [3.05, 3.63) is 56.8 Å². The van der Waals surface area contributed by atoms with Gasteiger partial charge < -0.3 is 14.1 Å². The van der Waals surface area contributed by atoms with Crippen LogP contribution in [0.1, 0.15) is 112 Å². The molecule has 0 atom stereocenters. The summed E-state index contributed by atoms with van der Waals surface area (Å²) in [5.41, 5.74) is 1.06. The number of unbranched alkanes of at least 4 members (excludes halogenated alkanes) is 10. The molecule has 0 N–H and O–H groups in total. The molecule has 0 saturated heterocycles. The molecule has 0 spiro atoms. The van der Waals surface area contributed by atoms with Gasteiger partial charge in [-0.2, -0.15) is 4.98 Å². The van der Waals surface area contributed by atoms with Crippen LogP contribution in [0.2, 0.25) is 0 Å². The zero-order chi connectivity index (χ0) is 27.2. The number of rotatable bonds is 18. The number of ether oxygens (including phenoxy) is 1. The number of carbonyl (C=O) groups excluding carboxylic acids is 1. The summed E-state index contributed by atoms with van der Waals surface area (Å²) in [6.45, 7) is 8.04. The van der Waals surface area contributed by atoms with Crippen LogP contribution in [0.5, 0.6) is 0 Å². The van der Waals surface area contributed by atoms with Crippen LogP contribution in [0.4, 0.5) is 6.01 Å². The molecule has 3 aromatic rings. The predicted molar refractivity (Wildman–Crippen MR) is 157 cm³/mol. The lowest BCUT2D eigenvalue weighted by Gasteiger charge is -2.21. The van der Waals surface area contributed by atoms with Crippen molar-refractivity contribution in [2.24, 2.45) is 0 Å². The van der Waals surface area contributed by atoms with E-state index >= 15 is 0 Å². The van der Waals surface area contributed by atoms with Gasteiger partial charge >= 0.3 is 17.6 Å². The van der Waals surface area contributed by atoms with Crippen molar-refractivity contribution in [3.8, 4) is 0 Å². The van der Waals surface area contributed by atoms with E-state index in [9.17, 15) is 9.59 Å². The van der Waals surface area contributed by atoms with E-state index in [2.05, 4.69) is 18.7 Å². The Bertz CT molecular complexity index is 1160. The van der Waals surface area contributed by atoms with Gasteiger partial charge in [0.25, 0.3) is 0 Å². The van der Waals surface area contributed by atoms with Gasteiger partial charge in [0.1, 0.15) is 21.7 Å². The van der Waals surface area contributed by atoms with Gasteiger partial charge in [0.05, 0.1) is 0 Å². The van der Waals surface area contributed by atoms with E-state index < -0.39 is 11.6 Å². The predicted octanol–water partition coefficient (Wildman–Crippen LogP) is 8.44. The number of thiophene rings is 1. The van der Waals surface area contributed by atoms with E-state index in [0.717, 1.165) is 44.3 Å². The summed E-state index contributed by atoms with van der Waals surface area (Å²) < 4.78 is 11.3. The van der Waals surface area contributed by atoms with Gasteiger partial charge in [-0.3, -0.25) is 0 Å². The van der Waals surface area contributed by atoms with E-state index in [0.29, 0.717) is 26.7 Å². The highest BCUT2D eigenvalue weighted by molar-refractivity contribution is 7.20. The van der Waals surface area contributed by atoms with Crippen LogP contribution < -0.4 is 10.5 Å². The monoisotopic (exact) mass is 540 g/mol. The molecule has 0 radical (unpaired) electrons. The Kier molecular flexibility index (Phi) is 12.8. The number of fused-ring (bicyclic) bond motifs is 1. The summed E-state index contributed by atoms with van der Waals surface area (Å²) in [5.74, 6) is -0.439. The topological polar surface area (TPSA) is 72.6 Å². The molecule has 0 aliphatic carbocycles. The van der Waals surface area contributed by atoms with Gasteiger partial charge in [-0.1, -0.05) is 108 Å². The summed E-state index contributed by atoms with van der Waals surface area (Å²) in [5, 5.41) is 0.379. The fraction of sp³-hybridized carbons (Fsp3) is 0.581. The molecular weight excluding hydrogens is 496 g/mol. The molecule has 0 saturated carbocycles. The fourth-order valence-electron chi connectivity index (χ4n) is 4.65. The Morgan fingerprint density at radius 3 is 2.08 bits per heavy atom. The summed E-state index contributed by atoms with van der Waals surface area (Å²) in [7, 11) is 0. The second-order valence-electron chi connectivity index (χ2n) is 10.1. The molecule has 0 fully saturated rings. The van der Waals surface area contributed by atoms with Crippen molar-refractivity contribution >= 4 is 33.5 Å². The molecule has 6 nitrogen and oxygen atoms in total. The third kappa shape index (κ3) is 8.97. The van der Waals surface area contributed by atoms with E-state index in [1.165, 1.54) is 62.7 Å². The number of esters is 1. The smallest absolute Gasteiger partial charge is 0.349 e. The minimum Gasteiger partial charge on any atom is -0.457 e. The molecule has 0 amide bonds. The van der Waals surface area contributed by atoms with Crippen molar-refractivity contribution in [3.63, 3.8) is 0 Å². The lowest BCUT2D eigenvalue weighted by Crippen LogP contribution is -2.27. The normalized spacial score (nSPS) is 11.2. The molecular formula is C31H44N2O4S. The average molecular weight is 541 g/mol. The number of benzene rings is 1. The van der Waals surface area contributed by atoms with Crippen molar-refractivity contribution in [2.75, 3.05) is 18.0 Å². The third-order valence-corrected chi connectivity index (χ3v) is 8.11. The first kappa shape index (κ1) is 29.9. The highest BCUT2D eigenvalue weighted by Crippen LogP contribution is 2.30. The Morgan fingerprint density at radius 2 is 1.47 bits per heavy atom. The van der Waals surface area contributed by atoms with Gasteiger partial charge in [0.15, 0.2) is 0 Å². The number of carbonyl (C=O) groups is 1. The molecule has 0 unspecified atom stereocenters. The van der Waals surface area contributed by atoms with Crippen LogP contribution in [0.3, 0.4) is 0 Å². The maximum absolute atomic E-state index is 13.1. The van der Waals surface area contributed by atoms with Crippen molar-refractivity contribution < 1.29 is 13.9 Å². The summed E-state index contributed by atoms with van der Waals surface area (Å²) in [6.07, 6.45) is 14.4. The molecule has 38 heavy (non-hydrogen) atoms. The van der Waals surface area contributed by atoms with Crippen LogP contribution in [0.15, 0.2) is 39.5 Å². The Balaban J connectivity index is 1.72. The second kappa shape index (κ2) is 16.3. The minimum atomic E-state index is -0.439. The maximum atomic E-state index is 13.1. The summed E-state index contributed by atoms with van der Waals surface area (Å²) >= 11 is 1.22. The Morgan fingerprint density at radius 1 is 0.895 bits per heavy atom. The van der Waals surface area contributed by atoms with E-state index in [1.807, 2.05) is 30.3 Å². The highest BCUT2D eigenvalue weighted by Gasteiger charge is 2.23. The third-order valence-electron chi connectivity index (χ3n) is 6.95. The lowest BCUT2D eigenvalue weighted by molar-refractivity contribution is 0.0478. The van der Waals surface area contributed by atoms with Crippen molar-refractivity contribution in [1.82, 2.24) is 4.98 Å². The first-order chi connectivity index (χ1) is 18.5. The van der Waals surface area contributed by atoms with Crippen LogP contribution in [-0.4, -0.2) is 24.0 Å². The standard InChI is InChI=1S/C31H44N2O4S/c1-4-6-8-10-12-17-21-33(22-18-13-11-9-7-5-2)31-32-28-26(29(34)37-31)24(3)27(38-28)30(35)36-23-25-19-15-14-16-20-25/h14-16,19-20H,4-13,17-18,21-23H2,1-3H3. The zero-order valence-electron chi connectivity index (χ0n) is 23.4. The SMILES string of the molecule is CCCCCCCCN(CCCCCCCC)c1nc2sc(C(=O)OCc3ccccc3)c(C)c2c(=O)o1. The quantitative estimate of drug-likeness (QED) is 0.119. The number of anilines is 1. The molecule has 2 aromatic heterocycles. The van der Waals surface area contributed by atoms with Crippen LogP contribution in [-0.2, 0) is 11.3 Å². The Hall–Kier alpha value is -2.67. The molecule has 0 bridgehead atoms. The molecule has 1 aromatic carbocycles. The van der Waals surface area contributed by atoms with Crippen molar-refractivity contribution in [2.45, 2.75) is 104 Å². The van der Waals surface area contributed by atoms with Gasteiger partial charge in [-0.25, -0.2) is 9.59 Å². The molecule has 0 aliphatic heterocycles. The maximum Gasteiger partial charge on any atom is 0.349 e. The molecule has 208 valence electrons. The lowest BCUT2D eigenvalue weighted by atomic mass is 10.1. The minimum absolute atomic E-state index is 0.185. The van der Waals surface area contributed by atoms with E-state index in [-0.39, 0.29) is 6.61 Å².